The lowest BCUT2D eigenvalue weighted by Crippen LogP contribution is -1.89. The average molecular weight is 282 g/mol. The summed E-state index contributed by atoms with van der Waals surface area (Å²) < 4.78 is 22.3. The van der Waals surface area contributed by atoms with Gasteiger partial charge in [-0.05, 0) is 28.5 Å². The number of nitrogens with zero attached hydrogens (tertiary/aromatic N) is 4. The Morgan fingerprint density at radius 1 is 1.21 bits per heavy atom. The molecule has 2 N–H and O–H groups in total. The average Bonchev–Trinajstić information content (AvgIpc) is 2.97. The fourth-order valence-electron chi connectivity index (χ4n) is 1.44. The van der Waals surface area contributed by atoms with Crippen molar-refractivity contribution in [2.45, 2.75) is 0 Å². The van der Waals surface area contributed by atoms with Crippen LogP contribution in [0.25, 0.3) is 23.0 Å². The predicted molar refractivity (Wildman–Crippen MR) is 62.4 cm³/mol. The van der Waals surface area contributed by atoms with Gasteiger partial charge in [0.1, 0.15) is 5.82 Å². The molecule has 3 aromatic rings. The minimum atomic E-state index is -0.456. The highest BCUT2D eigenvalue weighted by Gasteiger charge is 2.19. The number of nitrogens with two attached hydrogens (primary N) is 1. The van der Waals surface area contributed by atoms with E-state index in [1.165, 1.54) is 12.1 Å². The maximum atomic E-state index is 12.9. The van der Waals surface area contributed by atoms with Gasteiger partial charge in [0.05, 0.1) is 5.02 Å². The lowest BCUT2D eigenvalue weighted by atomic mass is 10.2. The van der Waals surface area contributed by atoms with Gasteiger partial charge >= 0.3 is 0 Å². The zero-order chi connectivity index (χ0) is 13.4. The number of nitrogen functional groups attached to an aromatic ring is 1. The van der Waals surface area contributed by atoms with Crippen LogP contribution in [0.15, 0.2) is 27.4 Å². The highest BCUT2D eigenvalue weighted by Crippen LogP contribution is 2.28. The van der Waals surface area contributed by atoms with E-state index in [4.69, 9.17) is 21.9 Å². The van der Waals surface area contributed by atoms with Gasteiger partial charge in [-0.25, -0.2) is 9.02 Å². The van der Waals surface area contributed by atoms with E-state index in [-0.39, 0.29) is 28.2 Å². The number of benzene rings is 1. The van der Waals surface area contributed by atoms with Crippen LogP contribution in [-0.2, 0) is 0 Å². The monoisotopic (exact) mass is 281 g/mol. The third-order valence-electron chi connectivity index (χ3n) is 2.31. The summed E-state index contributed by atoms with van der Waals surface area (Å²) in [6.45, 7) is 0. The van der Waals surface area contributed by atoms with Gasteiger partial charge in [-0.2, -0.15) is 4.98 Å². The molecular formula is C10H5ClFN5O2. The Balaban J connectivity index is 2.04. The number of rotatable bonds is 2. The van der Waals surface area contributed by atoms with Gasteiger partial charge < -0.3 is 10.3 Å². The van der Waals surface area contributed by atoms with Crippen LogP contribution in [0.4, 0.5) is 10.2 Å². The van der Waals surface area contributed by atoms with E-state index >= 15 is 0 Å². The Morgan fingerprint density at radius 3 is 2.74 bits per heavy atom. The molecule has 19 heavy (non-hydrogen) atoms. The molecule has 2 aromatic heterocycles. The van der Waals surface area contributed by atoms with Gasteiger partial charge in [-0.1, -0.05) is 16.8 Å². The molecule has 1 aromatic carbocycles. The number of aromatic nitrogens is 4. The normalized spacial score (nSPS) is 10.8. The third-order valence-corrected chi connectivity index (χ3v) is 2.63. The second-order valence-electron chi connectivity index (χ2n) is 3.55. The SMILES string of the molecule is Nc1nonc1-c1nc(-c2ccc(F)cc2Cl)no1. The molecule has 0 saturated carbocycles. The van der Waals surface area contributed by atoms with E-state index in [1.807, 2.05) is 0 Å². The summed E-state index contributed by atoms with van der Waals surface area (Å²) in [4.78, 5) is 4.05. The number of hydrogen-bond donors (Lipinski definition) is 1. The van der Waals surface area contributed by atoms with Crippen molar-refractivity contribution >= 4 is 17.4 Å². The van der Waals surface area contributed by atoms with Crippen molar-refractivity contribution in [1.82, 2.24) is 20.5 Å². The van der Waals surface area contributed by atoms with E-state index in [1.54, 1.807) is 0 Å². The first kappa shape index (κ1) is 11.6. The molecule has 2 heterocycles. The highest BCUT2D eigenvalue weighted by atomic mass is 35.5. The van der Waals surface area contributed by atoms with E-state index in [0.717, 1.165) is 6.07 Å². The summed E-state index contributed by atoms with van der Waals surface area (Å²) in [6, 6.07) is 3.83. The van der Waals surface area contributed by atoms with Gasteiger partial charge in [0.25, 0.3) is 5.89 Å². The molecule has 0 bridgehead atoms. The molecule has 7 nitrogen and oxygen atoms in total. The summed E-state index contributed by atoms with van der Waals surface area (Å²) in [7, 11) is 0. The fraction of sp³-hybridized carbons (Fsp3) is 0. The fourth-order valence-corrected chi connectivity index (χ4v) is 1.70. The summed E-state index contributed by atoms with van der Waals surface area (Å²) >= 11 is 5.90. The predicted octanol–water partition coefficient (Wildman–Crippen LogP) is 2.16. The quantitative estimate of drug-likeness (QED) is 0.767. The molecule has 0 saturated heterocycles. The zero-order valence-corrected chi connectivity index (χ0v) is 9.93. The van der Waals surface area contributed by atoms with Crippen LogP contribution in [0.5, 0.6) is 0 Å². The van der Waals surface area contributed by atoms with Crippen molar-refractivity contribution in [3.05, 3.63) is 29.0 Å². The Hall–Kier alpha value is -2.48. The maximum absolute atomic E-state index is 12.9. The summed E-state index contributed by atoms with van der Waals surface area (Å²) in [5, 5.41) is 10.8. The lowest BCUT2D eigenvalue weighted by molar-refractivity contribution is 0.308. The van der Waals surface area contributed by atoms with E-state index in [9.17, 15) is 4.39 Å². The molecule has 3 rings (SSSR count). The first-order valence-electron chi connectivity index (χ1n) is 5.02. The maximum Gasteiger partial charge on any atom is 0.284 e. The Kier molecular flexibility index (Phi) is 2.64. The molecule has 96 valence electrons. The van der Waals surface area contributed by atoms with Crippen LogP contribution in [0.2, 0.25) is 5.02 Å². The van der Waals surface area contributed by atoms with E-state index in [0.29, 0.717) is 5.56 Å². The highest BCUT2D eigenvalue weighted by molar-refractivity contribution is 6.33. The van der Waals surface area contributed by atoms with E-state index < -0.39 is 5.82 Å². The largest absolute Gasteiger partial charge is 0.379 e. The molecule has 0 aliphatic carbocycles. The second-order valence-corrected chi connectivity index (χ2v) is 3.95. The van der Waals surface area contributed by atoms with Gasteiger partial charge in [0.2, 0.25) is 17.3 Å². The molecular weight excluding hydrogens is 277 g/mol. The van der Waals surface area contributed by atoms with Gasteiger partial charge in [0.15, 0.2) is 0 Å². The van der Waals surface area contributed by atoms with Crippen molar-refractivity contribution in [3.8, 4) is 23.0 Å². The number of halogens is 2. The van der Waals surface area contributed by atoms with Crippen molar-refractivity contribution in [3.63, 3.8) is 0 Å². The Bertz CT molecular complexity index is 741. The van der Waals surface area contributed by atoms with Gasteiger partial charge in [-0.15, -0.1) is 0 Å². The summed E-state index contributed by atoms with van der Waals surface area (Å²) in [5.41, 5.74) is 6.06. The van der Waals surface area contributed by atoms with Crippen molar-refractivity contribution < 1.29 is 13.5 Å². The van der Waals surface area contributed by atoms with Crippen molar-refractivity contribution in [2.75, 3.05) is 5.73 Å². The van der Waals surface area contributed by atoms with Crippen molar-refractivity contribution in [2.24, 2.45) is 0 Å². The molecule has 0 spiro atoms. The third kappa shape index (κ3) is 2.02. The molecule has 9 heteroatoms. The summed E-state index contributed by atoms with van der Waals surface area (Å²) in [5.74, 6) is -0.209. The molecule has 0 aliphatic heterocycles. The van der Waals surface area contributed by atoms with Crippen LogP contribution in [0.3, 0.4) is 0 Å². The molecule has 0 unspecified atom stereocenters. The van der Waals surface area contributed by atoms with E-state index in [2.05, 4.69) is 25.1 Å². The molecule has 0 atom stereocenters. The topological polar surface area (TPSA) is 104 Å². The van der Waals surface area contributed by atoms with Crippen LogP contribution in [0, 0.1) is 5.82 Å². The molecule has 0 radical (unpaired) electrons. The summed E-state index contributed by atoms with van der Waals surface area (Å²) in [6.07, 6.45) is 0. The number of hydrogen-bond acceptors (Lipinski definition) is 7. The first-order chi connectivity index (χ1) is 9.15. The first-order valence-corrected chi connectivity index (χ1v) is 5.40. The standard InChI is InChI=1S/C10H5ClFN5O2/c11-6-3-4(12)1-2-5(6)9-14-10(18-17-9)7-8(13)16-19-15-7/h1-3H,(H2,13,16). The Morgan fingerprint density at radius 2 is 2.05 bits per heavy atom. The van der Waals surface area contributed by atoms with Crippen LogP contribution in [-0.4, -0.2) is 20.5 Å². The Labute approximate surface area is 110 Å². The minimum Gasteiger partial charge on any atom is -0.379 e. The molecule has 0 aliphatic rings. The van der Waals surface area contributed by atoms with Crippen LogP contribution >= 0.6 is 11.6 Å². The minimum absolute atomic E-state index is 0.0282. The van der Waals surface area contributed by atoms with Crippen LogP contribution in [0.1, 0.15) is 0 Å². The van der Waals surface area contributed by atoms with Crippen LogP contribution < -0.4 is 5.73 Å². The smallest absolute Gasteiger partial charge is 0.284 e. The van der Waals surface area contributed by atoms with Crippen molar-refractivity contribution in [1.29, 1.82) is 0 Å². The lowest BCUT2D eigenvalue weighted by Gasteiger charge is -1.97. The second kappa shape index (κ2) is 4.32. The zero-order valence-electron chi connectivity index (χ0n) is 9.17. The molecule has 0 amide bonds. The molecule has 0 fully saturated rings. The van der Waals surface area contributed by atoms with Gasteiger partial charge in [-0.3, -0.25) is 0 Å². The number of anilines is 1. The van der Waals surface area contributed by atoms with Gasteiger partial charge in [0, 0.05) is 5.56 Å².